The predicted octanol–water partition coefficient (Wildman–Crippen LogP) is 0.761. The van der Waals surface area contributed by atoms with Crippen molar-refractivity contribution in [2.24, 2.45) is 0 Å². The van der Waals surface area contributed by atoms with E-state index in [4.69, 9.17) is 5.73 Å². The quantitative estimate of drug-likeness (QED) is 0.637. The number of ether oxygens (including phenoxy) is 1. The normalized spacial score (nSPS) is 11.6. The second kappa shape index (κ2) is 6.03. The van der Waals surface area contributed by atoms with Gasteiger partial charge in [-0.05, 0) is 30.7 Å². The third-order valence-corrected chi connectivity index (χ3v) is 4.76. The van der Waals surface area contributed by atoms with Gasteiger partial charge in [-0.2, -0.15) is 0 Å². The maximum atomic E-state index is 12.3. The molecule has 0 bridgehead atoms. The van der Waals surface area contributed by atoms with Gasteiger partial charge in [0.2, 0.25) is 10.0 Å². The Morgan fingerprint density at radius 3 is 2.58 bits per heavy atom. The van der Waals surface area contributed by atoms with Crippen molar-refractivity contribution in [2.75, 3.05) is 26.4 Å². The summed E-state index contributed by atoms with van der Waals surface area (Å²) in [4.78, 5) is 11.2. The highest BCUT2D eigenvalue weighted by atomic mass is 32.2. The number of nitrogen functional groups attached to an aromatic ring is 1. The Kier molecular flexibility index (Phi) is 4.90. The van der Waals surface area contributed by atoms with E-state index in [-0.39, 0.29) is 17.9 Å². The molecular formula is C12H18N2O4S. The molecule has 0 spiro atoms. The molecule has 106 valence electrons. The van der Waals surface area contributed by atoms with Crippen LogP contribution in [0.3, 0.4) is 0 Å². The molecule has 0 fully saturated rings. The van der Waals surface area contributed by atoms with Crippen LogP contribution >= 0.6 is 0 Å². The van der Waals surface area contributed by atoms with Gasteiger partial charge in [0, 0.05) is 19.3 Å². The van der Waals surface area contributed by atoms with Crippen molar-refractivity contribution >= 4 is 21.7 Å². The number of nitrogens with two attached hydrogens (primary N) is 1. The summed E-state index contributed by atoms with van der Waals surface area (Å²) in [5.41, 5.74) is 6.68. The van der Waals surface area contributed by atoms with Crippen molar-refractivity contribution in [2.45, 2.75) is 18.2 Å². The molecule has 1 rings (SSSR count). The zero-order valence-electron chi connectivity index (χ0n) is 11.2. The molecule has 0 aromatic heterocycles. The Bertz CT molecular complexity index is 569. The van der Waals surface area contributed by atoms with E-state index in [2.05, 4.69) is 4.74 Å². The van der Waals surface area contributed by atoms with Crippen molar-refractivity contribution in [3.63, 3.8) is 0 Å². The lowest BCUT2D eigenvalue weighted by Crippen LogP contribution is -2.30. The highest BCUT2D eigenvalue weighted by Crippen LogP contribution is 2.21. The van der Waals surface area contributed by atoms with Crippen LogP contribution in [0.5, 0.6) is 0 Å². The zero-order chi connectivity index (χ0) is 14.6. The van der Waals surface area contributed by atoms with Gasteiger partial charge in [0.15, 0.2) is 0 Å². The number of esters is 1. The number of carbonyl (C=O) groups excluding carboxylic acids is 1. The molecule has 7 heteroatoms. The first kappa shape index (κ1) is 15.5. The molecule has 1 aromatic rings. The summed E-state index contributed by atoms with van der Waals surface area (Å²) in [5, 5.41) is 0. The number of hydrogen-bond acceptors (Lipinski definition) is 5. The Morgan fingerprint density at radius 2 is 2.05 bits per heavy atom. The van der Waals surface area contributed by atoms with Crippen molar-refractivity contribution < 1.29 is 17.9 Å². The van der Waals surface area contributed by atoms with Crippen LogP contribution in [0.1, 0.15) is 12.0 Å². The molecule has 0 amide bonds. The molecule has 0 unspecified atom stereocenters. The number of sulfonamides is 1. The Hall–Kier alpha value is -1.60. The summed E-state index contributed by atoms with van der Waals surface area (Å²) in [5.74, 6) is -0.448. The summed E-state index contributed by atoms with van der Waals surface area (Å²) in [6.07, 6.45) is 0.0141. The van der Waals surface area contributed by atoms with E-state index in [1.807, 2.05) is 0 Å². The second-order valence-electron chi connectivity index (χ2n) is 4.18. The third-order valence-electron chi connectivity index (χ3n) is 2.75. The fraction of sp³-hybridized carbons (Fsp3) is 0.417. The molecule has 0 aliphatic heterocycles. The molecule has 0 saturated carbocycles. The van der Waals surface area contributed by atoms with Gasteiger partial charge < -0.3 is 10.5 Å². The smallest absolute Gasteiger partial charge is 0.306 e. The highest BCUT2D eigenvalue weighted by Gasteiger charge is 2.23. The molecule has 2 N–H and O–H groups in total. The first-order valence-corrected chi connectivity index (χ1v) is 7.12. The lowest BCUT2D eigenvalue weighted by atomic mass is 10.2. The molecule has 0 aliphatic carbocycles. The first-order valence-electron chi connectivity index (χ1n) is 5.68. The number of rotatable bonds is 5. The molecular weight excluding hydrogens is 268 g/mol. The molecule has 0 heterocycles. The average molecular weight is 286 g/mol. The van der Waals surface area contributed by atoms with Gasteiger partial charge in [0.25, 0.3) is 0 Å². The van der Waals surface area contributed by atoms with E-state index in [9.17, 15) is 13.2 Å². The van der Waals surface area contributed by atoms with Crippen LogP contribution in [-0.4, -0.2) is 39.4 Å². The number of benzene rings is 1. The molecule has 0 radical (unpaired) electrons. The summed E-state index contributed by atoms with van der Waals surface area (Å²) in [7, 11) is -0.931. The van der Waals surface area contributed by atoms with E-state index >= 15 is 0 Å². The van der Waals surface area contributed by atoms with Crippen LogP contribution in [-0.2, 0) is 19.6 Å². The number of hydrogen-bond donors (Lipinski definition) is 1. The van der Waals surface area contributed by atoms with Crippen LogP contribution in [0, 0.1) is 6.92 Å². The maximum Gasteiger partial charge on any atom is 0.306 e. The number of methoxy groups -OCH3 is 1. The van der Waals surface area contributed by atoms with Crippen molar-refractivity contribution in [1.29, 1.82) is 0 Å². The number of anilines is 1. The zero-order valence-corrected chi connectivity index (χ0v) is 12.0. The number of nitrogens with zero attached hydrogens (tertiary/aromatic N) is 1. The predicted molar refractivity (Wildman–Crippen MR) is 72.0 cm³/mol. The molecule has 1 aromatic carbocycles. The van der Waals surface area contributed by atoms with Crippen LogP contribution in [0.25, 0.3) is 0 Å². The second-order valence-corrected chi connectivity index (χ2v) is 6.19. The van der Waals surface area contributed by atoms with Gasteiger partial charge in [-0.1, -0.05) is 0 Å². The van der Waals surface area contributed by atoms with Crippen LogP contribution in [0.4, 0.5) is 5.69 Å². The van der Waals surface area contributed by atoms with Gasteiger partial charge in [0.1, 0.15) is 0 Å². The first-order chi connectivity index (χ1) is 8.78. The van der Waals surface area contributed by atoms with Crippen LogP contribution < -0.4 is 5.73 Å². The lowest BCUT2D eigenvalue weighted by Gasteiger charge is -2.18. The fourth-order valence-electron chi connectivity index (χ4n) is 1.60. The summed E-state index contributed by atoms with van der Waals surface area (Å²) < 4.78 is 30.2. The lowest BCUT2D eigenvalue weighted by molar-refractivity contribution is -0.140. The Labute approximate surface area is 113 Å². The van der Waals surface area contributed by atoms with Gasteiger partial charge in [0.05, 0.1) is 18.4 Å². The molecule has 0 saturated heterocycles. The van der Waals surface area contributed by atoms with E-state index in [1.54, 1.807) is 13.0 Å². The minimum atomic E-state index is -3.62. The van der Waals surface area contributed by atoms with E-state index in [0.29, 0.717) is 11.3 Å². The molecule has 19 heavy (non-hydrogen) atoms. The highest BCUT2D eigenvalue weighted by molar-refractivity contribution is 7.89. The van der Waals surface area contributed by atoms with Gasteiger partial charge in [-0.3, -0.25) is 4.79 Å². The largest absolute Gasteiger partial charge is 0.469 e. The number of carbonyl (C=O) groups is 1. The SMILES string of the molecule is COC(=O)CCN(C)S(=O)(=O)c1ccc(N)cc1C. The van der Waals surface area contributed by atoms with Gasteiger partial charge in [-0.25, -0.2) is 12.7 Å². The Morgan fingerprint density at radius 1 is 1.42 bits per heavy atom. The van der Waals surface area contributed by atoms with Gasteiger partial charge >= 0.3 is 5.97 Å². The molecule has 6 nitrogen and oxygen atoms in total. The maximum absolute atomic E-state index is 12.3. The standard InChI is InChI=1S/C12H18N2O4S/c1-9-8-10(13)4-5-11(9)19(16,17)14(2)7-6-12(15)18-3/h4-5,8H,6-7,13H2,1-3H3. The monoisotopic (exact) mass is 286 g/mol. The minimum Gasteiger partial charge on any atom is -0.469 e. The average Bonchev–Trinajstić information content (AvgIpc) is 2.34. The van der Waals surface area contributed by atoms with E-state index < -0.39 is 16.0 Å². The van der Waals surface area contributed by atoms with Crippen molar-refractivity contribution in [3.05, 3.63) is 23.8 Å². The Balaban J connectivity index is 2.94. The summed E-state index contributed by atoms with van der Waals surface area (Å²) in [6, 6.07) is 4.60. The van der Waals surface area contributed by atoms with E-state index in [1.165, 1.54) is 26.3 Å². The van der Waals surface area contributed by atoms with E-state index in [0.717, 1.165) is 4.31 Å². The van der Waals surface area contributed by atoms with Crippen molar-refractivity contribution in [3.8, 4) is 0 Å². The summed E-state index contributed by atoms with van der Waals surface area (Å²) in [6.45, 7) is 1.75. The van der Waals surface area contributed by atoms with Gasteiger partial charge in [-0.15, -0.1) is 0 Å². The topological polar surface area (TPSA) is 89.7 Å². The fourth-order valence-corrected chi connectivity index (χ4v) is 2.97. The summed E-state index contributed by atoms with van der Waals surface area (Å²) >= 11 is 0. The van der Waals surface area contributed by atoms with Crippen LogP contribution in [0.15, 0.2) is 23.1 Å². The number of aryl methyl sites for hydroxylation is 1. The minimum absolute atomic E-state index is 0.0141. The molecule has 0 atom stereocenters. The van der Waals surface area contributed by atoms with Crippen LogP contribution in [0.2, 0.25) is 0 Å². The third kappa shape index (κ3) is 3.68. The molecule has 0 aliphatic rings. The van der Waals surface area contributed by atoms with Crippen molar-refractivity contribution in [1.82, 2.24) is 4.31 Å².